The molecule has 1 aliphatic heterocycles. The molecule has 0 saturated heterocycles. The van der Waals surface area contributed by atoms with Crippen molar-refractivity contribution >= 4 is 17.6 Å². The first kappa shape index (κ1) is 20.8. The van der Waals surface area contributed by atoms with Gasteiger partial charge in [0.15, 0.2) is 5.96 Å². The monoisotopic (exact) mass is 397 g/mol. The van der Waals surface area contributed by atoms with Crippen molar-refractivity contribution in [3.63, 3.8) is 0 Å². The molecule has 1 amide bonds. The number of rotatable bonds is 7. The molecule has 154 valence electrons. The number of hydrogen-bond acceptors (Lipinski definition) is 3. The first-order valence-corrected chi connectivity index (χ1v) is 9.81. The van der Waals surface area contributed by atoms with Crippen molar-refractivity contribution in [1.82, 2.24) is 15.5 Å². The first-order chi connectivity index (χ1) is 14.0. The van der Waals surface area contributed by atoms with Gasteiger partial charge in [-0.1, -0.05) is 30.3 Å². The number of guanidine groups is 1. The molecule has 3 N–H and O–H groups in total. The molecule has 0 radical (unpaired) electrons. The molecule has 2 aromatic rings. The lowest BCUT2D eigenvalue weighted by molar-refractivity contribution is -0.116. The standard InChI is InChI=1S/C22H28FN5O/c1-24-22(25-11-12-28(2)15-16-7-9-18(23)10-8-16)26-14-17-13-21(29)27-20-6-4-3-5-19(17)20/h3-10,17H,11-15H2,1-2H3,(H,27,29)(H2,24,25,26). The Hall–Kier alpha value is -2.93. The van der Waals surface area contributed by atoms with Crippen LogP contribution in [-0.2, 0) is 11.3 Å². The summed E-state index contributed by atoms with van der Waals surface area (Å²) in [7, 11) is 3.76. The van der Waals surface area contributed by atoms with Crippen molar-refractivity contribution in [2.45, 2.75) is 18.9 Å². The van der Waals surface area contributed by atoms with E-state index in [9.17, 15) is 9.18 Å². The third-order valence-corrected chi connectivity index (χ3v) is 5.00. The van der Waals surface area contributed by atoms with E-state index in [0.29, 0.717) is 18.9 Å². The molecule has 2 aromatic carbocycles. The van der Waals surface area contributed by atoms with E-state index in [-0.39, 0.29) is 17.6 Å². The molecule has 1 unspecified atom stereocenters. The number of anilines is 1. The molecule has 1 heterocycles. The number of carbonyl (C=O) groups excluding carboxylic acids is 1. The lowest BCUT2D eigenvalue weighted by Gasteiger charge is -2.26. The smallest absolute Gasteiger partial charge is 0.225 e. The van der Waals surface area contributed by atoms with Crippen LogP contribution < -0.4 is 16.0 Å². The van der Waals surface area contributed by atoms with Crippen LogP contribution in [0.5, 0.6) is 0 Å². The van der Waals surface area contributed by atoms with E-state index in [0.717, 1.165) is 36.4 Å². The maximum atomic E-state index is 13.0. The second-order valence-corrected chi connectivity index (χ2v) is 7.28. The van der Waals surface area contributed by atoms with E-state index < -0.39 is 0 Å². The Labute approximate surface area is 171 Å². The molecule has 0 saturated carbocycles. The van der Waals surface area contributed by atoms with E-state index in [4.69, 9.17) is 0 Å². The summed E-state index contributed by atoms with van der Waals surface area (Å²) in [6, 6.07) is 14.5. The van der Waals surface area contributed by atoms with Crippen molar-refractivity contribution in [2.24, 2.45) is 4.99 Å². The van der Waals surface area contributed by atoms with Gasteiger partial charge in [0.1, 0.15) is 5.82 Å². The van der Waals surface area contributed by atoms with Crippen LogP contribution in [0.1, 0.15) is 23.5 Å². The molecule has 3 rings (SSSR count). The van der Waals surface area contributed by atoms with Crippen LogP contribution in [0, 0.1) is 5.82 Å². The van der Waals surface area contributed by atoms with E-state index in [2.05, 4.69) is 31.9 Å². The molecule has 0 spiro atoms. The molecule has 0 bridgehead atoms. The summed E-state index contributed by atoms with van der Waals surface area (Å²) >= 11 is 0. The Morgan fingerprint density at radius 3 is 2.72 bits per heavy atom. The number of nitrogens with one attached hydrogen (secondary N) is 3. The molecular formula is C22H28FN5O. The van der Waals surface area contributed by atoms with Gasteiger partial charge in [-0.15, -0.1) is 0 Å². The first-order valence-electron chi connectivity index (χ1n) is 9.81. The predicted octanol–water partition coefficient (Wildman–Crippen LogP) is 2.55. The Morgan fingerprint density at radius 2 is 1.97 bits per heavy atom. The Morgan fingerprint density at radius 1 is 1.21 bits per heavy atom. The van der Waals surface area contributed by atoms with Gasteiger partial charge in [0, 0.05) is 51.3 Å². The maximum Gasteiger partial charge on any atom is 0.225 e. The Bertz CT molecular complexity index is 853. The zero-order chi connectivity index (χ0) is 20.6. The fourth-order valence-electron chi connectivity index (χ4n) is 3.47. The number of hydrogen-bond donors (Lipinski definition) is 3. The highest BCUT2D eigenvalue weighted by Crippen LogP contribution is 2.31. The summed E-state index contributed by atoms with van der Waals surface area (Å²) in [5.74, 6) is 0.648. The van der Waals surface area contributed by atoms with Crippen LogP contribution >= 0.6 is 0 Å². The molecule has 0 aromatic heterocycles. The van der Waals surface area contributed by atoms with Crippen LogP contribution in [0.15, 0.2) is 53.5 Å². The fourth-order valence-corrected chi connectivity index (χ4v) is 3.47. The average molecular weight is 397 g/mol. The zero-order valence-corrected chi connectivity index (χ0v) is 16.9. The van der Waals surface area contributed by atoms with Crippen LogP contribution in [0.2, 0.25) is 0 Å². The number of likely N-dealkylation sites (N-methyl/N-ethyl adjacent to an activating group) is 1. The molecule has 7 heteroatoms. The Kier molecular flexibility index (Phi) is 7.19. The van der Waals surface area contributed by atoms with E-state index in [1.54, 1.807) is 19.2 Å². The molecule has 1 aliphatic rings. The highest BCUT2D eigenvalue weighted by atomic mass is 19.1. The fraction of sp³-hybridized carbons (Fsp3) is 0.364. The second kappa shape index (κ2) is 10.0. The Balaban J connectivity index is 1.44. The topological polar surface area (TPSA) is 68.8 Å². The quantitative estimate of drug-likeness (QED) is 0.496. The summed E-state index contributed by atoms with van der Waals surface area (Å²) in [4.78, 5) is 18.4. The van der Waals surface area contributed by atoms with Gasteiger partial charge in [-0.2, -0.15) is 0 Å². The number of para-hydroxylation sites is 1. The third kappa shape index (κ3) is 6.02. The van der Waals surface area contributed by atoms with E-state index in [1.165, 1.54) is 12.1 Å². The van der Waals surface area contributed by atoms with Gasteiger partial charge in [0.25, 0.3) is 0 Å². The van der Waals surface area contributed by atoms with E-state index >= 15 is 0 Å². The number of fused-ring (bicyclic) bond motifs is 1. The molecule has 29 heavy (non-hydrogen) atoms. The van der Waals surface area contributed by atoms with Gasteiger partial charge in [-0.3, -0.25) is 9.79 Å². The normalized spacial score (nSPS) is 16.3. The summed E-state index contributed by atoms with van der Waals surface area (Å²) in [6.45, 7) is 2.92. The van der Waals surface area contributed by atoms with E-state index in [1.807, 2.05) is 25.2 Å². The molecular weight excluding hydrogens is 369 g/mol. The molecule has 0 aliphatic carbocycles. The SMILES string of the molecule is CN=C(NCCN(C)Cc1ccc(F)cc1)NCC1CC(=O)Nc2ccccc21. The molecule has 0 fully saturated rings. The minimum Gasteiger partial charge on any atom is -0.356 e. The third-order valence-electron chi connectivity index (χ3n) is 5.00. The lowest BCUT2D eigenvalue weighted by Crippen LogP contribution is -2.43. The number of carbonyl (C=O) groups is 1. The van der Waals surface area contributed by atoms with Gasteiger partial charge in [-0.05, 0) is 36.4 Å². The zero-order valence-electron chi connectivity index (χ0n) is 16.9. The van der Waals surface area contributed by atoms with Crippen molar-refractivity contribution in [3.8, 4) is 0 Å². The van der Waals surface area contributed by atoms with Crippen molar-refractivity contribution in [3.05, 3.63) is 65.5 Å². The number of amides is 1. The van der Waals surface area contributed by atoms with Gasteiger partial charge < -0.3 is 20.9 Å². The number of aliphatic imine (C=N–C) groups is 1. The summed E-state index contributed by atoms with van der Waals surface area (Å²) < 4.78 is 13.0. The largest absolute Gasteiger partial charge is 0.356 e. The molecule has 6 nitrogen and oxygen atoms in total. The van der Waals surface area contributed by atoms with Crippen molar-refractivity contribution in [1.29, 1.82) is 0 Å². The van der Waals surface area contributed by atoms with Gasteiger partial charge in [0.2, 0.25) is 5.91 Å². The minimum atomic E-state index is -0.217. The highest BCUT2D eigenvalue weighted by molar-refractivity contribution is 5.94. The van der Waals surface area contributed by atoms with Gasteiger partial charge in [-0.25, -0.2) is 4.39 Å². The van der Waals surface area contributed by atoms with Crippen LogP contribution in [0.4, 0.5) is 10.1 Å². The second-order valence-electron chi connectivity index (χ2n) is 7.28. The highest BCUT2D eigenvalue weighted by Gasteiger charge is 2.24. The summed E-state index contributed by atoms with van der Waals surface area (Å²) in [5, 5.41) is 9.56. The van der Waals surface area contributed by atoms with Gasteiger partial charge >= 0.3 is 0 Å². The number of nitrogens with zero attached hydrogens (tertiary/aromatic N) is 2. The van der Waals surface area contributed by atoms with Crippen LogP contribution in [0.25, 0.3) is 0 Å². The van der Waals surface area contributed by atoms with Crippen molar-refractivity contribution < 1.29 is 9.18 Å². The van der Waals surface area contributed by atoms with Crippen LogP contribution in [-0.4, -0.2) is 50.5 Å². The van der Waals surface area contributed by atoms with Gasteiger partial charge in [0.05, 0.1) is 0 Å². The predicted molar refractivity (Wildman–Crippen MR) is 115 cm³/mol. The van der Waals surface area contributed by atoms with Crippen molar-refractivity contribution in [2.75, 3.05) is 39.0 Å². The minimum absolute atomic E-state index is 0.0425. The maximum absolute atomic E-state index is 13.0. The molecule has 1 atom stereocenters. The average Bonchev–Trinajstić information content (AvgIpc) is 2.72. The number of halogens is 1. The summed E-state index contributed by atoms with van der Waals surface area (Å²) in [5.41, 5.74) is 3.11. The summed E-state index contributed by atoms with van der Waals surface area (Å²) in [6.07, 6.45) is 0.460. The van der Waals surface area contributed by atoms with Crippen LogP contribution in [0.3, 0.4) is 0 Å². The number of benzene rings is 2. The lowest BCUT2D eigenvalue weighted by atomic mass is 9.90.